The molecule has 2 aliphatic carbocycles. The van der Waals surface area contributed by atoms with Gasteiger partial charge in [-0.15, -0.1) is 0 Å². The minimum atomic E-state index is -0.525. The molecule has 8 nitrogen and oxygen atoms in total. The molecule has 138 valence electrons. The number of hydrogen-bond donors (Lipinski definition) is 3. The molecule has 0 aromatic heterocycles. The molecule has 1 heterocycles. The van der Waals surface area contributed by atoms with Crippen molar-refractivity contribution in [2.24, 2.45) is 5.41 Å². The minimum Gasteiger partial charge on any atom is -0.353 e. The summed E-state index contributed by atoms with van der Waals surface area (Å²) >= 11 is 0. The quantitative estimate of drug-likeness (QED) is 0.598. The number of nitrogens with one attached hydrogen (secondary N) is 3. The Morgan fingerprint density at radius 3 is 2.36 bits per heavy atom. The van der Waals surface area contributed by atoms with Crippen LogP contribution in [0.5, 0.6) is 0 Å². The fourth-order valence-electron chi connectivity index (χ4n) is 3.57. The average molecular weight is 350 g/mol. The molecule has 8 heteroatoms. The van der Waals surface area contributed by atoms with E-state index >= 15 is 0 Å². The summed E-state index contributed by atoms with van der Waals surface area (Å²) < 4.78 is 0. The Morgan fingerprint density at radius 2 is 1.80 bits per heavy atom. The Bertz CT molecular complexity index is 587. The van der Waals surface area contributed by atoms with Gasteiger partial charge in [-0.1, -0.05) is 6.92 Å². The van der Waals surface area contributed by atoms with Crippen LogP contribution in [-0.2, 0) is 14.4 Å². The molecule has 3 N–H and O–H groups in total. The largest absolute Gasteiger partial charge is 0.353 e. The molecule has 0 bridgehead atoms. The lowest BCUT2D eigenvalue weighted by atomic mass is 9.90. The van der Waals surface area contributed by atoms with Gasteiger partial charge in [-0.2, -0.15) is 0 Å². The molecule has 2 saturated carbocycles. The Balaban J connectivity index is 1.41. The highest BCUT2D eigenvalue weighted by molar-refractivity contribution is 6.03. The van der Waals surface area contributed by atoms with Gasteiger partial charge < -0.3 is 15.5 Å². The maximum absolute atomic E-state index is 12.1. The van der Waals surface area contributed by atoms with Gasteiger partial charge in [0.1, 0.15) is 13.1 Å². The number of urea groups is 1. The molecule has 0 aromatic carbocycles. The third-order valence-corrected chi connectivity index (χ3v) is 5.30. The van der Waals surface area contributed by atoms with Crippen molar-refractivity contribution in [2.45, 2.75) is 64.0 Å². The van der Waals surface area contributed by atoms with Crippen LogP contribution >= 0.6 is 0 Å². The topological polar surface area (TPSA) is 108 Å². The van der Waals surface area contributed by atoms with E-state index in [-0.39, 0.29) is 48.3 Å². The van der Waals surface area contributed by atoms with E-state index in [0.717, 1.165) is 32.1 Å². The van der Waals surface area contributed by atoms with Crippen molar-refractivity contribution in [3.8, 4) is 0 Å². The van der Waals surface area contributed by atoms with Crippen LogP contribution in [0.3, 0.4) is 0 Å². The number of carbonyl (C=O) groups excluding carboxylic acids is 4. The van der Waals surface area contributed by atoms with Gasteiger partial charge >= 0.3 is 6.03 Å². The zero-order valence-electron chi connectivity index (χ0n) is 14.6. The Labute approximate surface area is 147 Å². The second-order valence-electron chi connectivity index (χ2n) is 7.89. The van der Waals surface area contributed by atoms with Crippen molar-refractivity contribution in [2.75, 3.05) is 13.1 Å². The van der Waals surface area contributed by atoms with Crippen LogP contribution in [0.1, 0.15) is 51.9 Å². The summed E-state index contributed by atoms with van der Waals surface area (Å²) in [7, 11) is 0. The van der Waals surface area contributed by atoms with Crippen molar-refractivity contribution in [3.63, 3.8) is 0 Å². The summed E-state index contributed by atoms with van der Waals surface area (Å²) in [5, 5.41) is 8.17. The van der Waals surface area contributed by atoms with Crippen molar-refractivity contribution in [3.05, 3.63) is 0 Å². The molecule has 5 amide bonds. The third kappa shape index (κ3) is 4.93. The zero-order chi connectivity index (χ0) is 18.0. The monoisotopic (exact) mass is 350 g/mol. The first-order valence-electron chi connectivity index (χ1n) is 9.00. The zero-order valence-corrected chi connectivity index (χ0v) is 14.6. The summed E-state index contributed by atoms with van der Waals surface area (Å²) in [4.78, 5) is 48.0. The molecule has 3 rings (SSSR count). The molecule has 3 aliphatic rings. The van der Waals surface area contributed by atoms with Gasteiger partial charge in [0.05, 0.1) is 0 Å². The van der Waals surface area contributed by atoms with Gasteiger partial charge in [-0.05, 0) is 43.9 Å². The molecular formula is C17H26N4O4. The number of rotatable bonds is 6. The highest BCUT2D eigenvalue weighted by atomic mass is 16.2. The predicted molar refractivity (Wildman–Crippen MR) is 89.4 cm³/mol. The molecule has 0 radical (unpaired) electrons. The van der Waals surface area contributed by atoms with Gasteiger partial charge in [0.2, 0.25) is 17.7 Å². The van der Waals surface area contributed by atoms with E-state index in [1.807, 2.05) is 0 Å². The number of amides is 5. The fourth-order valence-corrected chi connectivity index (χ4v) is 3.57. The first-order chi connectivity index (χ1) is 11.8. The van der Waals surface area contributed by atoms with E-state index in [2.05, 4.69) is 22.9 Å². The summed E-state index contributed by atoms with van der Waals surface area (Å²) in [6, 6.07) is -0.447. The standard InChI is InChI=1S/C17H26N4O4/c1-17(5-6-17)8-13(22)18-11-3-2-4-12(7-11)19-14(23)9-21-10-15(24)20-16(21)25/h11-12H,2-10H2,1H3,(H,18,22)(H,19,23)(H,20,24,25)/t11-,12-/m1/s1. The molecule has 25 heavy (non-hydrogen) atoms. The summed E-state index contributed by atoms with van der Waals surface area (Å²) in [6.45, 7) is 1.94. The smallest absolute Gasteiger partial charge is 0.325 e. The van der Waals surface area contributed by atoms with Crippen LogP contribution in [0.15, 0.2) is 0 Å². The van der Waals surface area contributed by atoms with Crippen molar-refractivity contribution < 1.29 is 19.2 Å². The maximum atomic E-state index is 12.1. The number of hydrogen-bond acceptors (Lipinski definition) is 4. The molecule has 0 aromatic rings. The van der Waals surface area contributed by atoms with Crippen molar-refractivity contribution in [1.82, 2.24) is 20.9 Å². The van der Waals surface area contributed by atoms with E-state index < -0.39 is 6.03 Å². The summed E-state index contributed by atoms with van der Waals surface area (Å²) in [5.41, 5.74) is 0.195. The van der Waals surface area contributed by atoms with Gasteiger partial charge in [0, 0.05) is 18.5 Å². The molecule has 1 saturated heterocycles. The maximum Gasteiger partial charge on any atom is 0.325 e. The second kappa shape index (κ2) is 7.01. The Hall–Kier alpha value is -2.12. The number of imide groups is 1. The van der Waals surface area contributed by atoms with E-state index in [1.165, 1.54) is 4.90 Å². The van der Waals surface area contributed by atoms with E-state index in [1.54, 1.807) is 0 Å². The van der Waals surface area contributed by atoms with Crippen LogP contribution in [0.2, 0.25) is 0 Å². The number of nitrogens with zero attached hydrogens (tertiary/aromatic N) is 1. The highest BCUT2D eigenvalue weighted by Crippen LogP contribution is 2.48. The lowest BCUT2D eigenvalue weighted by Gasteiger charge is -2.31. The first kappa shape index (κ1) is 17.7. The molecule has 0 spiro atoms. The van der Waals surface area contributed by atoms with Gasteiger partial charge in [0.25, 0.3) is 0 Å². The predicted octanol–water partition coefficient (Wildman–Crippen LogP) is 0.272. The third-order valence-electron chi connectivity index (χ3n) is 5.30. The number of carbonyl (C=O) groups is 4. The molecule has 2 atom stereocenters. The minimum absolute atomic E-state index is 0.00979. The van der Waals surface area contributed by atoms with Crippen LogP contribution in [0.25, 0.3) is 0 Å². The average Bonchev–Trinajstić information content (AvgIpc) is 3.14. The summed E-state index contributed by atoms with van der Waals surface area (Å²) in [5.74, 6) is -0.556. The Kier molecular flexibility index (Phi) is 4.96. The lowest BCUT2D eigenvalue weighted by Crippen LogP contribution is -2.48. The van der Waals surface area contributed by atoms with Crippen LogP contribution < -0.4 is 16.0 Å². The molecule has 1 aliphatic heterocycles. The molecule has 3 fully saturated rings. The van der Waals surface area contributed by atoms with E-state index in [4.69, 9.17) is 0 Å². The normalized spacial score (nSPS) is 27.6. The van der Waals surface area contributed by atoms with E-state index in [9.17, 15) is 19.2 Å². The van der Waals surface area contributed by atoms with Gasteiger partial charge in [-0.3, -0.25) is 19.7 Å². The van der Waals surface area contributed by atoms with Crippen LogP contribution in [0, 0.1) is 5.41 Å². The van der Waals surface area contributed by atoms with Gasteiger partial charge in [-0.25, -0.2) is 4.79 Å². The van der Waals surface area contributed by atoms with Crippen LogP contribution in [0.4, 0.5) is 4.79 Å². The lowest BCUT2D eigenvalue weighted by molar-refractivity contribution is -0.123. The second-order valence-corrected chi connectivity index (χ2v) is 7.89. The van der Waals surface area contributed by atoms with Crippen molar-refractivity contribution in [1.29, 1.82) is 0 Å². The van der Waals surface area contributed by atoms with Gasteiger partial charge in [0.15, 0.2) is 0 Å². The molecule has 0 unspecified atom stereocenters. The first-order valence-corrected chi connectivity index (χ1v) is 9.00. The Morgan fingerprint density at radius 1 is 1.16 bits per heavy atom. The highest BCUT2D eigenvalue weighted by Gasteiger charge is 2.39. The van der Waals surface area contributed by atoms with E-state index in [0.29, 0.717) is 12.8 Å². The fraction of sp³-hybridized carbons (Fsp3) is 0.765. The molecular weight excluding hydrogens is 324 g/mol. The van der Waals surface area contributed by atoms with Crippen molar-refractivity contribution >= 4 is 23.8 Å². The summed E-state index contributed by atoms with van der Waals surface area (Å²) in [6.07, 6.45) is 6.26. The van der Waals surface area contributed by atoms with Crippen LogP contribution in [-0.4, -0.2) is 53.8 Å². The SMILES string of the molecule is CC1(CC(=O)N[C@@H]2CCC[C@@H](NC(=O)CN3CC(=O)NC3=O)C2)CC1.